The Balaban J connectivity index is 2.06. The highest BCUT2D eigenvalue weighted by atomic mass is 16.2. The molecule has 142 valence electrons. The molecule has 6 nitrogen and oxygen atoms in total. The Hall–Kier alpha value is -1.59. The smallest absolute Gasteiger partial charge is 0.325 e. The van der Waals surface area contributed by atoms with E-state index in [2.05, 4.69) is 39.9 Å². The van der Waals surface area contributed by atoms with Crippen molar-refractivity contribution in [2.45, 2.75) is 65.8 Å². The Kier molecular flexibility index (Phi) is 6.12. The number of rotatable bonds is 6. The Morgan fingerprint density at radius 3 is 2.16 bits per heavy atom. The summed E-state index contributed by atoms with van der Waals surface area (Å²) in [6.45, 7) is 11.6. The number of nitrogens with one attached hydrogen (secondary N) is 1. The highest BCUT2D eigenvalue weighted by Gasteiger charge is 2.52. The first-order valence-corrected chi connectivity index (χ1v) is 9.56. The van der Waals surface area contributed by atoms with Crippen LogP contribution in [-0.4, -0.2) is 52.8 Å². The van der Waals surface area contributed by atoms with Gasteiger partial charge in [-0.05, 0) is 43.4 Å². The Labute approximate surface area is 151 Å². The molecule has 1 N–H and O–H groups in total. The summed E-state index contributed by atoms with van der Waals surface area (Å²) >= 11 is 0. The second-order valence-electron chi connectivity index (χ2n) is 8.67. The quantitative estimate of drug-likeness (QED) is 0.748. The largest absolute Gasteiger partial charge is 0.341 e. The van der Waals surface area contributed by atoms with Gasteiger partial charge in [0.2, 0.25) is 5.91 Å². The Morgan fingerprint density at radius 2 is 1.68 bits per heavy atom. The van der Waals surface area contributed by atoms with Gasteiger partial charge in [0.1, 0.15) is 12.1 Å². The summed E-state index contributed by atoms with van der Waals surface area (Å²) in [5.74, 6) is 0.909. The molecule has 2 rings (SSSR count). The molecular weight excluding hydrogens is 318 g/mol. The number of carbonyl (C=O) groups excluding carboxylic acids is 3. The molecule has 0 atom stereocenters. The van der Waals surface area contributed by atoms with Crippen LogP contribution in [0.2, 0.25) is 0 Å². The van der Waals surface area contributed by atoms with Crippen LogP contribution >= 0.6 is 0 Å². The molecule has 0 aromatic heterocycles. The maximum absolute atomic E-state index is 12.9. The van der Waals surface area contributed by atoms with Crippen molar-refractivity contribution in [3.63, 3.8) is 0 Å². The van der Waals surface area contributed by atoms with Crippen LogP contribution in [0.5, 0.6) is 0 Å². The third-order valence-corrected chi connectivity index (χ3v) is 5.19. The highest BCUT2D eigenvalue weighted by molar-refractivity contribution is 6.09. The molecule has 1 aliphatic heterocycles. The number of hydrogen-bond acceptors (Lipinski definition) is 3. The lowest BCUT2D eigenvalue weighted by molar-refractivity contribution is -0.140. The summed E-state index contributed by atoms with van der Waals surface area (Å²) in [5.41, 5.74) is -0.773. The van der Waals surface area contributed by atoms with Gasteiger partial charge in [-0.1, -0.05) is 34.6 Å². The molecule has 1 heterocycles. The van der Waals surface area contributed by atoms with Gasteiger partial charge in [0.05, 0.1) is 0 Å². The van der Waals surface area contributed by atoms with Crippen LogP contribution in [-0.2, 0) is 9.59 Å². The van der Waals surface area contributed by atoms with E-state index in [0.29, 0.717) is 43.7 Å². The molecule has 1 spiro atoms. The number of amides is 4. The average molecular weight is 351 g/mol. The third-order valence-electron chi connectivity index (χ3n) is 5.19. The van der Waals surface area contributed by atoms with Crippen molar-refractivity contribution in [2.24, 2.45) is 17.8 Å². The van der Waals surface area contributed by atoms with Gasteiger partial charge in [0.25, 0.3) is 5.91 Å². The fraction of sp³-hybridized carbons (Fsp3) is 0.842. The molecule has 1 aliphatic carbocycles. The van der Waals surface area contributed by atoms with Crippen molar-refractivity contribution in [3.8, 4) is 0 Å². The van der Waals surface area contributed by atoms with Crippen molar-refractivity contribution in [1.82, 2.24) is 15.1 Å². The highest BCUT2D eigenvalue weighted by Crippen LogP contribution is 2.36. The molecule has 1 saturated heterocycles. The number of carbonyl (C=O) groups is 3. The first-order chi connectivity index (χ1) is 11.6. The minimum Gasteiger partial charge on any atom is -0.341 e. The summed E-state index contributed by atoms with van der Waals surface area (Å²) in [7, 11) is 0. The zero-order chi connectivity index (χ0) is 18.8. The number of imide groups is 1. The summed E-state index contributed by atoms with van der Waals surface area (Å²) in [4.78, 5) is 40.9. The maximum Gasteiger partial charge on any atom is 0.325 e. The normalized spacial score (nSPS) is 26.7. The summed E-state index contributed by atoms with van der Waals surface area (Å²) in [6.07, 6.45) is 3.21. The van der Waals surface area contributed by atoms with Crippen molar-refractivity contribution in [2.75, 3.05) is 19.6 Å². The fourth-order valence-electron chi connectivity index (χ4n) is 3.81. The van der Waals surface area contributed by atoms with E-state index in [1.165, 1.54) is 0 Å². The summed E-state index contributed by atoms with van der Waals surface area (Å²) in [5, 5.41) is 2.88. The minimum absolute atomic E-state index is 0.146. The van der Waals surface area contributed by atoms with Crippen LogP contribution in [0.4, 0.5) is 4.79 Å². The van der Waals surface area contributed by atoms with Gasteiger partial charge in [0.15, 0.2) is 0 Å². The standard InChI is InChI=1S/C19H33N3O3/c1-13(2)10-21(11-14(3)4)16(23)12-22-17(24)19(20-18(22)25)8-6-15(5)7-9-19/h13-15H,6-12H2,1-5H3,(H,20,25). The molecule has 2 fully saturated rings. The molecule has 4 amide bonds. The van der Waals surface area contributed by atoms with E-state index in [9.17, 15) is 14.4 Å². The first-order valence-electron chi connectivity index (χ1n) is 9.56. The van der Waals surface area contributed by atoms with E-state index in [1.54, 1.807) is 4.90 Å². The average Bonchev–Trinajstić information content (AvgIpc) is 2.73. The molecular formula is C19H33N3O3. The zero-order valence-corrected chi connectivity index (χ0v) is 16.3. The van der Waals surface area contributed by atoms with Crippen molar-refractivity contribution in [3.05, 3.63) is 0 Å². The SMILES string of the molecule is CC(C)CN(CC(C)C)C(=O)CN1C(=O)NC2(CCC(C)CC2)C1=O. The molecule has 2 aliphatic rings. The van der Waals surface area contributed by atoms with E-state index in [4.69, 9.17) is 0 Å². The molecule has 0 radical (unpaired) electrons. The fourth-order valence-corrected chi connectivity index (χ4v) is 3.81. The third kappa shape index (κ3) is 4.53. The second kappa shape index (κ2) is 7.75. The number of nitrogens with zero attached hydrogens (tertiary/aromatic N) is 2. The lowest BCUT2D eigenvalue weighted by Gasteiger charge is -2.33. The van der Waals surface area contributed by atoms with Crippen molar-refractivity contribution < 1.29 is 14.4 Å². The number of urea groups is 1. The van der Waals surface area contributed by atoms with Crippen molar-refractivity contribution in [1.29, 1.82) is 0 Å². The lowest BCUT2D eigenvalue weighted by Crippen LogP contribution is -2.50. The Morgan fingerprint density at radius 1 is 1.16 bits per heavy atom. The molecule has 0 aromatic carbocycles. The van der Waals surface area contributed by atoms with Gasteiger partial charge < -0.3 is 10.2 Å². The van der Waals surface area contributed by atoms with E-state index in [-0.39, 0.29) is 18.4 Å². The summed E-state index contributed by atoms with van der Waals surface area (Å²) < 4.78 is 0. The summed E-state index contributed by atoms with van der Waals surface area (Å²) in [6, 6.07) is -0.415. The van der Waals surface area contributed by atoms with Crippen LogP contribution in [0.1, 0.15) is 60.3 Å². The van der Waals surface area contributed by atoms with Gasteiger partial charge >= 0.3 is 6.03 Å². The topological polar surface area (TPSA) is 69.7 Å². The van der Waals surface area contributed by atoms with Gasteiger partial charge in [0, 0.05) is 13.1 Å². The van der Waals surface area contributed by atoms with E-state index >= 15 is 0 Å². The monoisotopic (exact) mass is 351 g/mol. The predicted octanol–water partition coefficient (Wildman–Crippen LogP) is 2.63. The van der Waals surface area contributed by atoms with Gasteiger partial charge in [-0.15, -0.1) is 0 Å². The molecule has 1 saturated carbocycles. The Bertz CT molecular complexity index is 512. The van der Waals surface area contributed by atoms with Crippen LogP contribution in [0, 0.1) is 17.8 Å². The lowest BCUT2D eigenvalue weighted by atomic mass is 9.77. The number of hydrogen-bond donors (Lipinski definition) is 1. The maximum atomic E-state index is 12.9. The van der Waals surface area contributed by atoms with Crippen molar-refractivity contribution >= 4 is 17.8 Å². The molecule has 0 unspecified atom stereocenters. The van der Waals surface area contributed by atoms with E-state index in [1.807, 2.05) is 0 Å². The predicted molar refractivity (Wildman–Crippen MR) is 96.9 cm³/mol. The first kappa shape index (κ1) is 19.7. The van der Waals surface area contributed by atoms with Crippen LogP contribution in [0.25, 0.3) is 0 Å². The van der Waals surface area contributed by atoms with Gasteiger partial charge in [-0.2, -0.15) is 0 Å². The molecule has 25 heavy (non-hydrogen) atoms. The van der Waals surface area contributed by atoms with E-state index in [0.717, 1.165) is 17.7 Å². The van der Waals surface area contributed by atoms with Gasteiger partial charge in [-0.3, -0.25) is 14.5 Å². The zero-order valence-electron chi connectivity index (χ0n) is 16.3. The molecule has 0 bridgehead atoms. The van der Waals surface area contributed by atoms with Crippen LogP contribution in [0.3, 0.4) is 0 Å². The minimum atomic E-state index is -0.773. The van der Waals surface area contributed by atoms with Crippen LogP contribution in [0.15, 0.2) is 0 Å². The van der Waals surface area contributed by atoms with Crippen LogP contribution < -0.4 is 5.32 Å². The second-order valence-corrected chi connectivity index (χ2v) is 8.67. The van der Waals surface area contributed by atoms with E-state index < -0.39 is 11.6 Å². The molecule has 6 heteroatoms. The van der Waals surface area contributed by atoms with Gasteiger partial charge in [-0.25, -0.2) is 4.79 Å². The molecule has 0 aromatic rings.